The summed E-state index contributed by atoms with van der Waals surface area (Å²) in [7, 11) is 2.33. The van der Waals surface area contributed by atoms with Gasteiger partial charge in [0.05, 0.1) is 45.3 Å². The molecule has 0 aliphatic carbocycles. The van der Waals surface area contributed by atoms with E-state index in [4.69, 9.17) is 9.47 Å². The summed E-state index contributed by atoms with van der Waals surface area (Å²) in [5, 5.41) is 0. The molecule has 0 amide bonds. The van der Waals surface area contributed by atoms with E-state index in [0.29, 0.717) is 0 Å². The van der Waals surface area contributed by atoms with Gasteiger partial charge in [-0.3, -0.25) is 0 Å². The molecule has 2 rings (SSSR count). The van der Waals surface area contributed by atoms with E-state index in [1.54, 1.807) is 0 Å². The Labute approximate surface area is 123 Å². The average molecular weight is 278 g/mol. The van der Waals surface area contributed by atoms with E-state index in [0.717, 1.165) is 49.7 Å². The van der Waals surface area contributed by atoms with Crippen molar-refractivity contribution in [2.24, 2.45) is 5.41 Å². The van der Waals surface area contributed by atoms with Crippen LogP contribution in [0, 0.1) is 12.3 Å². The Hall–Kier alpha value is -1.06. The van der Waals surface area contributed by atoms with Crippen molar-refractivity contribution in [1.82, 2.24) is 0 Å². The van der Waals surface area contributed by atoms with Crippen molar-refractivity contribution in [3.8, 4) is 5.75 Å². The zero-order chi connectivity index (χ0) is 14.6. The molecule has 112 valence electrons. The summed E-state index contributed by atoms with van der Waals surface area (Å²) >= 11 is 0. The van der Waals surface area contributed by atoms with Crippen LogP contribution in [-0.2, 0) is 4.74 Å². The van der Waals surface area contributed by atoms with Gasteiger partial charge in [0.1, 0.15) is 12.4 Å². The highest BCUT2D eigenvalue weighted by Gasteiger charge is 2.45. The highest BCUT2D eigenvalue weighted by Crippen LogP contribution is 2.32. The van der Waals surface area contributed by atoms with Gasteiger partial charge in [-0.15, -0.1) is 0 Å². The maximum atomic E-state index is 6.09. The normalized spacial score (nSPS) is 17.6. The first-order valence-corrected chi connectivity index (χ1v) is 7.62. The monoisotopic (exact) mass is 278 g/mol. The predicted octanol–water partition coefficient (Wildman–Crippen LogP) is 2.88. The van der Waals surface area contributed by atoms with Crippen LogP contribution >= 0.6 is 0 Å². The van der Waals surface area contributed by atoms with Gasteiger partial charge in [-0.1, -0.05) is 18.2 Å². The lowest BCUT2D eigenvalue weighted by Crippen LogP contribution is -2.60. The first kappa shape index (κ1) is 15.3. The Morgan fingerprint density at radius 1 is 1.20 bits per heavy atom. The number of nitrogens with zero attached hydrogens (tertiary/aromatic N) is 1. The van der Waals surface area contributed by atoms with Crippen LogP contribution in [0.4, 0.5) is 0 Å². The molecule has 0 radical (unpaired) electrons. The van der Waals surface area contributed by atoms with Crippen molar-refractivity contribution >= 4 is 0 Å². The second kappa shape index (κ2) is 6.15. The van der Waals surface area contributed by atoms with Crippen molar-refractivity contribution in [1.29, 1.82) is 0 Å². The van der Waals surface area contributed by atoms with Gasteiger partial charge < -0.3 is 14.0 Å². The van der Waals surface area contributed by atoms with Crippen LogP contribution in [0.15, 0.2) is 24.3 Å². The van der Waals surface area contributed by atoms with E-state index in [1.807, 2.05) is 12.1 Å². The van der Waals surface area contributed by atoms with Crippen LogP contribution in [0.2, 0.25) is 0 Å². The van der Waals surface area contributed by atoms with E-state index < -0.39 is 0 Å². The van der Waals surface area contributed by atoms with Gasteiger partial charge in [0.2, 0.25) is 0 Å². The minimum atomic E-state index is 0.184. The Bertz CT molecular complexity index is 436. The molecule has 0 aromatic heterocycles. The molecule has 3 nitrogen and oxygen atoms in total. The Morgan fingerprint density at radius 2 is 1.85 bits per heavy atom. The maximum absolute atomic E-state index is 6.09. The molecule has 1 aromatic carbocycles. The molecule has 0 atom stereocenters. The molecule has 0 saturated carbocycles. The van der Waals surface area contributed by atoms with E-state index in [1.165, 1.54) is 5.56 Å². The molecule has 1 fully saturated rings. The molecule has 1 saturated heterocycles. The minimum Gasteiger partial charge on any atom is -0.492 e. The summed E-state index contributed by atoms with van der Waals surface area (Å²) < 4.78 is 12.7. The molecule has 1 aromatic rings. The summed E-state index contributed by atoms with van der Waals surface area (Å²) in [6, 6.07) is 8.23. The fourth-order valence-electron chi connectivity index (χ4n) is 2.82. The van der Waals surface area contributed by atoms with Crippen molar-refractivity contribution in [2.45, 2.75) is 20.8 Å². The molecule has 0 bridgehead atoms. The molecular formula is C17H28NO2+. The molecule has 1 aliphatic heterocycles. The SMILES string of the molecule is CC[N+](C)(CC)CC1(COc2ccccc2C)COC1. The fraction of sp³-hybridized carbons (Fsp3) is 0.647. The van der Waals surface area contributed by atoms with Gasteiger partial charge >= 0.3 is 0 Å². The van der Waals surface area contributed by atoms with Crippen LogP contribution < -0.4 is 4.74 Å². The van der Waals surface area contributed by atoms with Gasteiger partial charge in [0, 0.05) is 0 Å². The standard InChI is InChI=1S/C17H28NO2/c1-5-18(4,6-2)11-17(12-19-13-17)14-20-16-10-8-7-9-15(16)3/h7-10H,5-6,11-14H2,1-4H3/q+1. The Morgan fingerprint density at radius 3 is 2.35 bits per heavy atom. The van der Waals surface area contributed by atoms with Crippen LogP contribution in [0.3, 0.4) is 0 Å². The van der Waals surface area contributed by atoms with Gasteiger partial charge in [-0.2, -0.15) is 0 Å². The number of ether oxygens (including phenoxy) is 2. The van der Waals surface area contributed by atoms with Gasteiger partial charge in [0.25, 0.3) is 0 Å². The van der Waals surface area contributed by atoms with Crippen LogP contribution in [-0.4, -0.2) is 51.0 Å². The fourth-order valence-corrected chi connectivity index (χ4v) is 2.82. The average Bonchev–Trinajstić information content (AvgIpc) is 2.43. The van der Waals surface area contributed by atoms with Crippen molar-refractivity contribution < 1.29 is 14.0 Å². The quantitative estimate of drug-likeness (QED) is 0.714. The van der Waals surface area contributed by atoms with E-state index in [2.05, 4.69) is 40.0 Å². The van der Waals surface area contributed by atoms with Crippen molar-refractivity contribution in [3.05, 3.63) is 29.8 Å². The third-order valence-corrected chi connectivity index (χ3v) is 4.69. The number of rotatable bonds is 7. The smallest absolute Gasteiger partial charge is 0.122 e. The van der Waals surface area contributed by atoms with E-state index in [-0.39, 0.29) is 5.41 Å². The van der Waals surface area contributed by atoms with Crippen molar-refractivity contribution in [3.63, 3.8) is 0 Å². The van der Waals surface area contributed by atoms with Crippen LogP contribution in [0.1, 0.15) is 19.4 Å². The highest BCUT2D eigenvalue weighted by molar-refractivity contribution is 5.31. The van der Waals surface area contributed by atoms with Crippen LogP contribution in [0.25, 0.3) is 0 Å². The third-order valence-electron chi connectivity index (χ3n) is 4.69. The zero-order valence-electron chi connectivity index (χ0n) is 13.3. The highest BCUT2D eigenvalue weighted by atomic mass is 16.5. The lowest BCUT2D eigenvalue weighted by atomic mass is 9.85. The molecule has 3 heteroatoms. The zero-order valence-corrected chi connectivity index (χ0v) is 13.3. The number of quaternary nitrogens is 1. The van der Waals surface area contributed by atoms with E-state index >= 15 is 0 Å². The summed E-state index contributed by atoms with van der Waals surface area (Å²) in [5.74, 6) is 1.00. The first-order chi connectivity index (χ1) is 9.52. The molecule has 1 aliphatic rings. The molecular weight excluding hydrogens is 250 g/mol. The topological polar surface area (TPSA) is 18.5 Å². The number of aryl methyl sites for hydroxylation is 1. The first-order valence-electron chi connectivity index (χ1n) is 7.62. The third kappa shape index (κ3) is 3.33. The second-order valence-corrected chi connectivity index (χ2v) is 6.46. The lowest BCUT2D eigenvalue weighted by Gasteiger charge is -2.46. The molecule has 0 unspecified atom stereocenters. The lowest BCUT2D eigenvalue weighted by molar-refractivity contribution is -0.914. The Balaban J connectivity index is 2.00. The maximum Gasteiger partial charge on any atom is 0.122 e. The Kier molecular flexibility index (Phi) is 4.71. The largest absolute Gasteiger partial charge is 0.492 e. The predicted molar refractivity (Wildman–Crippen MR) is 82.1 cm³/mol. The minimum absolute atomic E-state index is 0.184. The van der Waals surface area contributed by atoms with Gasteiger partial charge in [-0.25, -0.2) is 0 Å². The molecule has 0 spiro atoms. The number of para-hydroxylation sites is 1. The molecule has 20 heavy (non-hydrogen) atoms. The summed E-state index contributed by atoms with van der Waals surface area (Å²) in [4.78, 5) is 0. The number of hydrogen-bond acceptors (Lipinski definition) is 2. The van der Waals surface area contributed by atoms with E-state index in [9.17, 15) is 0 Å². The molecule has 1 heterocycles. The second-order valence-electron chi connectivity index (χ2n) is 6.46. The van der Waals surface area contributed by atoms with Crippen LogP contribution in [0.5, 0.6) is 5.75 Å². The number of hydrogen-bond donors (Lipinski definition) is 0. The summed E-state index contributed by atoms with van der Waals surface area (Å²) in [6.45, 7) is 12.5. The summed E-state index contributed by atoms with van der Waals surface area (Å²) in [5.41, 5.74) is 1.38. The summed E-state index contributed by atoms with van der Waals surface area (Å²) in [6.07, 6.45) is 0. The number of benzene rings is 1. The van der Waals surface area contributed by atoms with Crippen molar-refractivity contribution in [2.75, 3.05) is 46.5 Å². The van der Waals surface area contributed by atoms with Gasteiger partial charge in [0.15, 0.2) is 0 Å². The van der Waals surface area contributed by atoms with Gasteiger partial charge in [-0.05, 0) is 32.4 Å². The molecule has 0 N–H and O–H groups in total.